The molecule has 0 aliphatic rings. The van der Waals surface area contributed by atoms with Gasteiger partial charge < -0.3 is 4.74 Å². The minimum atomic E-state index is 0.385. The maximum atomic E-state index is 5.96. The Labute approximate surface area is 95.3 Å². The van der Waals surface area contributed by atoms with Crippen molar-refractivity contribution in [2.75, 3.05) is 7.11 Å². The predicted molar refractivity (Wildman–Crippen MR) is 56.2 cm³/mol. The van der Waals surface area contributed by atoms with E-state index in [9.17, 15) is 0 Å². The number of nitrogens with zero attached hydrogens (tertiary/aromatic N) is 3. The summed E-state index contributed by atoms with van der Waals surface area (Å²) in [6.07, 6.45) is 0. The zero-order valence-corrected chi connectivity index (χ0v) is 9.17. The molecule has 0 radical (unpaired) electrons. The van der Waals surface area contributed by atoms with Crippen LogP contribution in [0, 0.1) is 0 Å². The lowest BCUT2D eigenvalue weighted by atomic mass is 10.2. The molecule has 0 atom stereocenters. The van der Waals surface area contributed by atoms with Crippen LogP contribution in [0.1, 0.15) is 0 Å². The summed E-state index contributed by atoms with van der Waals surface area (Å²) in [4.78, 5) is 0. The molecule has 1 aromatic carbocycles. The molecule has 0 aliphatic carbocycles. The van der Waals surface area contributed by atoms with Crippen molar-refractivity contribution in [1.82, 2.24) is 20.6 Å². The fourth-order valence-electron chi connectivity index (χ4n) is 1.21. The molecular formula is C8H6Cl2N4O. The number of methoxy groups -OCH3 is 1. The number of rotatable bonds is 2. The van der Waals surface area contributed by atoms with E-state index in [1.807, 2.05) is 0 Å². The highest BCUT2D eigenvalue weighted by Gasteiger charge is 2.14. The Hall–Kier alpha value is -1.33. The van der Waals surface area contributed by atoms with Gasteiger partial charge in [-0.15, -0.1) is 10.2 Å². The van der Waals surface area contributed by atoms with Crippen molar-refractivity contribution in [3.05, 3.63) is 22.2 Å². The Morgan fingerprint density at radius 3 is 2.73 bits per heavy atom. The van der Waals surface area contributed by atoms with Crippen LogP contribution in [0.15, 0.2) is 12.1 Å². The largest absolute Gasteiger partial charge is 0.494 e. The lowest BCUT2D eigenvalue weighted by Crippen LogP contribution is -1.91. The van der Waals surface area contributed by atoms with E-state index in [0.29, 0.717) is 27.2 Å². The van der Waals surface area contributed by atoms with Crippen LogP contribution in [0.4, 0.5) is 0 Å². The molecule has 0 aliphatic heterocycles. The summed E-state index contributed by atoms with van der Waals surface area (Å²) < 4.78 is 5.14. The minimum Gasteiger partial charge on any atom is -0.494 e. The van der Waals surface area contributed by atoms with Gasteiger partial charge in [0.2, 0.25) is 5.82 Å². The third-order valence-corrected chi connectivity index (χ3v) is 2.30. The van der Waals surface area contributed by atoms with Crippen molar-refractivity contribution in [1.29, 1.82) is 0 Å². The summed E-state index contributed by atoms with van der Waals surface area (Å²) in [7, 11) is 1.51. The quantitative estimate of drug-likeness (QED) is 0.880. The highest BCUT2D eigenvalue weighted by molar-refractivity contribution is 6.36. The SMILES string of the molecule is COc1c(Cl)cc(Cl)cc1-c1nn[nH]n1. The summed E-state index contributed by atoms with van der Waals surface area (Å²) >= 11 is 11.8. The Kier molecular flexibility index (Phi) is 2.75. The lowest BCUT2D eigenvalue weighted by molar-refractivity contribution is 0.416. The van der Waals surface area contributed by atoms with Crippen LogP contribution in [0.25, 0.3) is 11.4 Å². The fourth-order valence-corrected chi connectivity index (χ4v) is 1.78. The number of benzene rings is 1. The summed E-state index contributed by atoms with van der Waals surface area (Å²) in [5.74, 6) is 0.860. The smallest absolute Gasteiger partial charge is 0.208 e. The Balaban J connectivity index is 2.64. The summed E-state index contributed by atoms with van der Waals surface area (Å²) in [6, 6.07) is 3.25. The van der Waals surface area contributed by atoms with Gasteiger partial charge in [0.1, 0.15) is 5.75 Å². The third kappa shape index (κ3) is 1.88. The first kappa shape index (κ1) is 10.2. The molecule has 1 heterocycles. The van der Waals surface area contributed by atoms with Gasteiger partial charge in [0.05, 0.1) is 17.7 Å². The van der Waals surface area contributed by atoms with Crippen LogP contribution in [0.2, 0.25) is 10.0 Å². The molecule has 15 heavy (non-hydrogen) atoms. The molecule has 0 fully saturated rings. The average Bonchev–Trinajstić information content (AvgIpc) is 2.69. The Morgan fingerprint density at radius 2 is 2.13 bits per heavy atom. The second-order valence-corrected chi connectivity index (χ2v) is 3.55. The van der Waals surface area contributed by atoms with Gasteiger partial charge in [-0.25, -0.2) is 0 Å². The summed E-state index contributed by atoms with van der Waals surface area (Å²) in [5, 5.41) is 14.4. The minimum absolute atomic E-state index is 0.385. The molecule has 0 amide bonds. The van der Waals surface area contributed by atoms with Crippen LogP contribution in [-0.2, 0) is 0 Å². The number of ether oxygens (including phenoxy) is 1. The van der Waals surface area contributed by atoms with Crippen molar-refractivity contribution < 1.29 is 4.74 Å². The van der Waals surface area contributed by atoms with Gasteiger partial charge in [0.15, 0.2) is 0 Å². The lowest BCUT2D eigenvalue weighted by Gasteiger charge is -2.07. The number of H-pyrrole nitrogens is 1. The van der Waals surface area contributed by atoms with Gasteiger partial charge in [-0.2, -0.15) is 5.21 Å². The zero-order chi connectivity index (χ0) is 10.8. The standard InChI is InChI=1S/C8H6Cl2N4O/c1-15-7-5(8-11-13-14-12-8)2-4(9)3-6(7)10/h2-3H,1H3,(H,11,12,13,14). The fraction of sp³-hybridized carbons (Fsp3) is 0.125. The molecule has 2 rings (SSSR count). The molecule has 0 bridgehead atoms. The number of halogens is 2. The number of aromatic amines is 1. The first-order valence-electron chi connectivity index (χ1n) is 3.99. The number of aromatic nitrogens is 4. The molecule has 0 spiro atoms. The van der Waals surface area contributed by atoms with E-state index in [2.05, 4.69) is 20.6 Å². The second kappa shape index (κ2) is 4.04. The van der Waals surface area contributed by atoms with Gasteiger partial charge in [-0.3, -0.25) is 0 Å². The van der Waals surface area contributed by atoms with Crippen LogP contribution in [0.3, 0.4) is 0 Å². The van der Waals surface area contributed by atoms with Crippen molar-refractivity contribution in [2.45, 2.75) is 0 Å². The van der Waals surface area contributed by atoms with Crippen LogP contribution >= 0.6 is 23.2 Å². The average molecular weight is 245 g/mol. The zero-order valence-electron chi connectivity index (χ0n) is 7.66. The van der Waals surface area contributed by atoms with Crippen LogP contribution in [0.5, 0.6) is 5.75 Å². The molecule has 7 heteroatoms. The summed E-state index contributed by atoms with van der Waals surface area (Å²) in [5.41, 5.74) is 0.601. The molecule has 0 unspecified atom stereocenters. The van der Waals surface area contributed by atoms with Gasteiger partial charge in [-0.05, 0) is 17.3 Å². The molecule has 0 saturated heterocycles. The van der Waals surface area contributed by atoms with Crippen molar-refractivity contribution in [2.24, 2.45) is 0 Å². The van der Waals surface area contributed by atoms with Crippen molar-refractivity contribution in [3.8, 4) is 17.1 Å². The van der Waals surface area contributed by atoms with E-state index in [-0.39, 0.29) is 0 Å². The van der Waals surface area contributed by atoms with E-state index in [1.165, 1.54) is 7.11 Å². The van der Waals surface area contributed by atoms with Crippen LogP contribution in [-0.4, -0.2) is 27.7 Å². The summed E-state index contributed by atoms with van der Waals surface area (Å²) in [6.45, 7) is 0. The number of hydrogen-bond acceptors (Lipinski definition) is 4. The third-order valence-electron chi connectivity index (χ3n) is 1.80. The van der Waals surface area contributed by atoms with Crippen molar-refractivity contribution >= 4 is 23.2 Å². The normalized spacial score (nSPS) is 10.3. The monoisotopic (exact) mass is 244 g/mol. The van der Waals surface area contributed by atoms with Crippen molar-refractivity contribution in [3.63, 3.8) is 0 Å². The Morgan fingerprint density at radius 1 is 1.33 bits per heavy atom. The number of hydrogen-bond donors (Lipinski definition) is 1. The second-order valence-electron chi connectivity index (χ2n) is 2.70. The highest BCUT2D eigenvalue weighted by Crippen LogP contribution is 2.36. The molecular weight excluding hydrogens is 239 g/mol. The van der Waals surface area contributed by atoms with Crippen LogP contribution < -0.4 is 4.74 Å². The predicted octanol–water partition coefficient (Wildman–Crippen LogP) is 2.18. The molecule has 1 aromatic heterocycles. The Bertz CT molecular complexity index is 472. The first-order valence-corrected chi connectivity index (χ1v) is 4.75. The maximum absolute atomic E-state index is 5.96. The molecule has 78 valence electrons. The van der Waals surface area contributed by atoms with E-state index >= 15 is 0 Å². The topological polar surface area (TPSA) is 63.7 Å². The molecule has 5 nitrogen and oxygen atoms in total. The molecule has 1 N–H and O–H groups in total. The highest BCUT2D eigenvalue weighted by atomic mass is 35.5. The van der Waals surface area contributed by atoms with Gasteiger partial charge in [0, 0.05) is 5.02 Å². The van der Waals surface area contributed by atoms with Gasteiger partial charge >= 0.3 is 0 Å². The maximum Gasteiger partial charge on any atom is 0.208 e. The first-order chi connectivity index (χ1) is 7.22. The number of nitrogens with one attached hydrogen (secondary N) is 1. The van der Waals surface area contributed by atoms with Gasteiger partial charge in [0.25, 0.3) is 0 Å². The molecule has 0 saturated carbocycles. The number of tetrazole rings is 1. The molecule has 2 aromatic rings. The van der Waals surface area contributed by atoms with E-state index in [0.717, 1.165) is 0 Å². The van der Waals surface area contributed by atoms with E-state index < -0.39 is 0 Å². The van der Waals surface area contributed by atoms with Gasteiger partial charge in [-0.1, -0.05) is 23.2 Å². The van der Waals surface area contributed by atoms with E-state index in [4.69, 9.17) is 27.9 Å². The van der Waals surface area contributed by atoms with E-state index in [1.54, 1.807) is 12.1 Å².